The Labute approximate surface area is 175 Å². The second kappa shape index (κ2) is 23.4. The monoisotopic (exact) mass is 390 g/mol. The number of benzene rings is 2. The van der Waals surface area contributed by atoms with Crippen LogP contribution in [0, 0.1) is 0 Å². The minimum atomic E-state index is 0.265. The molecule has 0 unspecified atom stereocenters. The van der Waals surface area contributed by atoms with Crippen molar-refractivity contribution in [1.29, 1.82) is 0 Å². The van der Waals surface area contributed by atoms with E-state index in [1.807, 2.05) is 41.5 Å². The predicted octanol–water partition coefficient (Wildman–Crippen LogP) is 7.23. The van der Waals surface area contributed by atoms with Gasteiger partial charge in [0.1, 0.15) is 0 Å². The normalized spacial score (nSPS) is 12.9. The van der Waals surface area contributed by atoms with E-state index in [9.17, 15) is 0 Å². The van der Waals surface area contributed by atoms with E-state index < -0.39 is 0 Å². The first kappa shape index (κ1) is 31.1. The van der Waals surface area contributed by atoms with Gasteiger partial charge in [-0.15, -0.1) is 0 Å². The lowest BCUT2D eigenvalue weighted by atomic mass is 9.65. The van der Waals surface area contributed by atoms with Crippen molar-refractivity contribution in [1.82, 2.24) is 0 Å². The third-order valence-electron chi connectivity index (χ3n) is 4.36. The first-order chi connectivity index (χ1) is 13.9. The van der Waals surface area contributed by atoms with Crippen LogP contribution in [-0.4, -0.2) is 24.4 Å². The Kier molecular flexibility index (Phi) is 26.0. The van der Waals surface area contributed by atoms with Crippen molar-refractivity contribution in [2.24, 2.45) is 0 Å². The summed E-state index contributed by atoms with van der Waals surface area (Å²) >= 11 is 0. The van der Waals surface area contributed by atoms with Crippen molar-refractivity contribution in [3.8, 4) is 0 Å². The maximum absolute atomic E-state index is 7.00. The summed E-state index contributed by atoms with van der Waals surface area (Å²) in [6.45, 7) is 12.0. The van der Waals surface area contributed by atoms with E-state index in [1.165, 1.54) is 43.2 Å². The van der Waals surface area contributed by atoms with E-state index in [0.717, 1.165) is 14.2 Å². The minimum absolute atomic E-state index is 0.265. The van der Waals surface area contributed by atoms with Crippen LogP contribution in [0.2, 0.25) is 0 Å². The van der Waals surface area contributed by atoms with Crippen molar-refractivity contribution in [2.75, 3.05) is 14.2 Å². The fourth-order valence-electron chi connectivity index (χ4n) is 3.41. The summed E-state index contributed by atoms with van der Waals surface area (Å²) in [5.41, 5.74) is 3.26. The molecule has 0 amide bonds. The molecule has 0 bridgehead atoms. The van der Waals surface area contributed by atoms with Crippen LogP contribution in [0.25, 0.3) is 0 Å². The topological polar surface area (TPSA) is 40.5 Å². The Morgan fingerprint density at radius 2 is 0.786 bits per heavy atom. The van der Waals surface area contributed by atoms with Gasteiger partial charge in [-0.1, -0.05) is 121 Å². The van der Waals surface area contributed by atoms with Gasteiger partial charge < -0.3 is 10.2 Å². The number of rotatable bonds is 2. The number of aliphatic hydroxyl groups excluding tert-OH is 2. The molecule has 0 spiro atoms. The summed E-state index contributed by atoms with van der Waals surface area (Å²) in [6.07, 6.45) is 6.68. The fourth-order valence-corrected chi connectivity index (χ4v) is 3.41. The summed E-state index contributed by atoms with van der Waals surface area (Å²) in [5, 5.41) is 14.0. The molecule has 0 aliphatic heterocycles. The molecule has 0 aromatic heterocycles. The van der Waals surface area contributed by atoms with Gasteiger partial charge in [0.15, 0.2) is 0 Å². The molecule has 3 rings (SSSR count). The summed E-state index contributed by atoms with van der Waals surface area (Å²) in [7, 11) is 2.00. The Morgan fingerprint density at radius 1 is 0.500 bits per heavy atom. The quantitative estimate of drug-likeness (QED) is 0.567. The van der Waals surface area contributed by atoms with Crippen molar-refractivity contribution in [3.05, 3.63) is 71.8 Å². The van der Waals surface area contributed by atoms with Crippen LogP contribution in [0.3, 0.4) is 0 Å². The molecule has 2 heteroatoms. The predicted molar refractivity (Wildman–Crippen MR) is 127 cm³/mol. The Hall–Kier alpha value is -1.64. The number of hydrogen-bond acceptors (Lipinski definition) is 2. The van der Waals surface area contributed by atoms with Gasteiger partial charge in [-0.3, -0.25) is 0 Å². The van der Waals surface area contributed by atoms with Crippen LogP contribution in [0.4, 0.5) is 0 Å². The molecule has 2 aromatic carbocycles. The van der Waals surface area contributed by atoms with Crippen LogP contribution in [0.5, 0.6) is 0 Å². The van der Waals surface area contributed by atoms with Gasteiger partial charge in [0.05, 0.1) is 0 Å². The molecule has 0 radical (unpaired) electrons. The van der Waals surface area contributed by atoms with Crippen LogP contribution in [-0.2, 0) is 5.41 Å². The second-order valence-corrected chi connectivity index (χ2v) is 5.37. The molecule has 2 aromatic rings. The lowest BCUT2D eigenvalue weighted by Crippen LogP contribution is -2.30. The smallest absolute Gasteiger partial charge is 0.0319 e. The third kappa shape index (κ3) is 10.1. The highest BCUT2D eigenvalue weighted by molar-refractivity contribution is 5.39. The van der Waals surface area contributed by atoms with Gasteiger partial charge >= 0.3 is 0 Å². The molecule has 1 saturated carbocycles. The lowest BCUT2D eigenvalue weighted by Gasteiger charge is -2.38. The average molecular weight is 391 g/mol. The Bertz CT molecular complexity index is 447. The first-order valence-electron chi connectivity index (χ1n) is 10.9. The highest BCUT2D eigenvalue weighted by Gasteiger charge is 2.35. The maximum Gasteiger partial charge on any atom is 0.0319 e. The van der Waals surface area contributed by atoms with Crippen molar-refractivity contribution in [2.45, 2.75) is 79.1 Å². The van der Waals surface area contributed by atoms with Gasteiger partial charge in [0.25, 0.3) is 0 Å². The van der Waals surface area contributed by atoms with Crippen molar-refractivity contribution >= 4 is 0 Å². The molecule has 1 fully saturated rings. The average Bonchev–Trinajstić information content (AvgIpc) is 2.87. The molecule has 2 nitrogen and oxygen atoms in total. The van der Waals surface area contributed by atoms with Gasteiger partial charge in [0.2, 0.25) is 0 Å². The second-order valence-electron chi connectivity index (χ2n) is 5.37. The number of aliphatic hydroxyl groups is 2. The van der Waals surface area contributed by atoms with E-state index in [4.69, 9.17) is 10.2 Å². The molecule has 1 aliphatic rings. The van der Waals surface area contributed by atoms with Gasteiger partial charge in [-0.2, -0.15) is 0 Å². The molecule has 0 atom stereocenters. The molecule has 1 aliphatic carbocycles. The van der Waals surface area contributed by atoms with Gasteiger partial charge in [0, 0.05) is 19.6 Å². The zero-order chi connectivity index (χ0) is 22.3. The van der Waals surface area contributed by atoms with E-state index in [0.29, 0.717) is 0 Å². The summed E-state index contributed by atoms with van der Waals surface area (Å²) < 4.78 is 0. The standard InChI is InChI=1S/C18H20.3C2H6.2CH4O/c1-4-10-16(11-5-1)18(14-8-3-9-15-18)17-12-6-2-7-13-17;5*1-2/h1-2,4-7,10-13H,3,8-9,14-15H2;3*1-2H3;2*2H,1H3. The maximum atomic E-state index is 7.00. The summed E-state index contributed by atoms with van der Waals surface area (Å²) in [4.78, 5) is 0. The van der Waals surface area contributed by atoms with Crippen molar-refractivity contribution in [3.63, 3.8) is 0 Å². The fraction of sp³-hybridized carbons (Fsp3) is 0.538. The molecular formula is C26H46O2. The van der Waals surface area contributed by atoms with E-state index >= 15 is 0 Å². The van der Waals surface area contributed by atoms with E-state index in [-0.39, 0.29) is 5.41 Å². The largest absolute Gasteiger partial charge is 0.400 e. The third-order valence-corrected chi connectivity index (χ3v) is 4.36. The van der Waals surface area contributed by atoms with Gasteiger partial charge in [-0.05, 0) is 24.0 Å². The van der Waals surface area contributed by atoms with Crippen LogP contribution >= 0.6 is 0 Å². The Morgan fingerprint density at radius 3 is 1.07 bits per heavy atom. The van der Waals surface area contributed by atoms with Crippen LogP contribution < -0.4 is 0 Å². The van der Waals surface area contributed by atoms with Gasteiger partial charge in [-0.25, -0.2) is 0 Å². The lowest BCUT2D eigenvalue weighted by molar-refractivity contribution is 0.346. The SMILES string of the molecule is CC.CC.CC.CO.CO.c1ccc(C2(c3ccccc3)CCCCC2)cc1. The zero-order valence-electron chi connectivity index (χ0n) is 19.7. The molecule has 0 saturated heterocycles. The summed E-state index contributed by atoms with van der Waals surface area (Å²) in [6, 6.07) is 22.1. The zero-order valence-corrected chi connectivity index (χ0v) is 19.7. The molecule has 28 heavy (non-hydrogen) atoms. The van der Waals surface area contributed by atoms with Crippen molar-refractivity contribution < 1.29 is 10.2 Å². The van der Waals surface area contributed by atoms with E-state index in [1.54, 1.807) is 0 Å². The molecule has 0 heterocycles. The highest BCUT2D eigenvalue weighted by atomic mass is 16.2. The Balaban J connectivity index is -0.000000548. The first-order valence-corrected chi connectivity index (χ1v) is 10.9. The van der Waals surface area contributed by atoms with Crippen LogP contribution in [0.15, 0.2) is 60.7 Å². The van der Waals surface area contributed by atoms with Crippen LogP contribution in [0.1, 0.15) is 84.8 Å². The number of hydrogen-bond donors (Lipinski definition) is 2. The van der Waals surface area contributed by atoms with E-state index in [2.05, 4.69) is 60.7 Å². The molecule has 2 N–H and O–H groups in total. The molecular weight excluding hydrogens is 344 g/mol. The minimum Gasteiger partial charge on any atom is -0.400 e. The highest BCUT2D eigenvalue weighted by Crippen LogP contribution is 2.44. The summed E-state index contributed by atoms with van der Waals surface area (Å²) in [5.74, 6) is 0. The molecule has 162 valence electrons.